The van der Waals surface area contributed by atoms with Crippen LogP contribution in [0.15, 0.2) is 76.5 Å². The fourth-order valence-electron chi connectivity index (χ4n) is 2.96. The zero-order valence-electron chi connectivity index (χ0n) is 17.3. The second kappa shape index (κ2) is 9.93. The van der Waals surface area contributed by atoms with Gasteiger partial charge < -0.3 is 9.47 Å². The van der Waals surface area contributed by atoms with Crippen LogP contribution in [0.25, 0.3) is 6.08 Å². The number of nitro benzene ring substituents is 1. The van der Waals surface area contributed by atoms with E-state index in [0.29, 0.717) is 16.9 Å². The minimum Gasteiger partial charge on any atom is -0.496 e. The Morgan fingerprint density at radius 2 is 1.85 bits per heavy atom. The van der Waals surface area contributed by atoms with Crippen molar-refractivity contribution >= 4 is 21.6 Å². The lowest BCUT2D eigenvalue weighted by Crippen LogP contribution is -2.04. The molecule has 168 valence electrons. The Kier molecular flexibility index (Phi) is 7.05. The van der Waals surface area contributed by atoms with E-state index < -0.39 is 31.2 Å². The SMILES string of the molecule is COc1ccc(/C=C(\C#N)S(=O)(=O)c2ccccc2)cc1COc1cc(F)ccc1[N+](=O)[O-]. The molecular weight excluding hydrogens is 451 g/mol. The molecule has 0 atom stereocenters. The molecule has 0 amide bonds. The molecule has 0 saturated heterocycles. The average molecular weight is 468 g/mol. The van der Waals surface area contributed by atoms with Gasteiger partial charge >= 0.3 is 5.69 Å². The van der Waals surface area contributed by atoms with Crippen molar-refractivity contribution in [3.8, 4) is 17.6 Å². The van der Waals surface area contributed by atoms with Crippen molar-refractivity contribution in [1.29, 1.82) is 5.26 Å². The summed E-state index contributed by atoms with van der Waals surface area (Å²) in [7, 11) is -2.63. The molecular formula is C23H17FN2O6S. The van der Waals surface area contributed by atoms with E-state index in [0.717, 1.165) is 18.2 Å². The number of halogens is 1. The van der Waals surface area contributed by atoms with Gasteiger partial charge in [-0.25, -0.2) is 12.8 Å². The Balaban J connectivity index is 1.95. The van der Waals surface area contributed by atoms with Crippen molar-refractivity contribution in [3.05, 3.63) is 98.7 Å². The summed E-state index contributed by atoms with van der Waals surface area (Å²) in [6.45, 7) is -0.234. The van der Waals surface area contributed by atoms with Crippen LogP contribution in [0.2, 0.25) is 0 Å². The van der Waals surface area contributed by atoms with Crippen LogP contribution in [0, 0.1) is 27.3 Å². The minimum absolute atomic E-state index is 0.0201. The zero-order chi connectivity index (χ0) is 24.0. The normalized spacial score (nSPS) is 11.5. The second-order valence-corrected chi connectivity index (χ2v) is 8.58. The van der Waals surface area contributed by atoms with Gasteiger partial charge in [0.05, 0.1) is 16.9 Å². The Morgan fingerprint density at radius 3 is 2.48 bits per heavy atom. The first-order valence-electron chi connectivity index (χ1n) is 9.42. The lowest BCUT2D eigenvalue weighted by Gasteiger charge is -2.12. The fraction of sp³-hybridized carbons (Fsp3) is 0.0870. The molecule has 0 aliphatic rings. The molecule has 33 heavy (non-hydrogen) atoms. The summed E-state index contributed by atoms with van der Waals surface area (Å²) in [5.74, 6) is -0.618. The van der Waals surface area contributed by atoms with Crippen molar-refractivity contribution in [1.82, 2.24) is 0 Å². The Morgan fingerprint density at radius 1 is 1.12 bits per heavy atom. The monoisotopic (exact) mass is 468 g/mol. The molecule has 0 heterocycles. The second-order valence-electron chi connectivity index (χ2n) is 6.67. The third-order valence-corrected chi connectivity index (χ3v) is 6.24. The zero-order valence-corrected chi connectivity index (χ0v) is 18.1. The summed E-state index contributed by atoms with van der Waals surface area (Å²) in [5, 5.41) is 20.6. The molecule has 8 nitrogen and oxygen atoms in total. The van der Waals surface area contributed by atoms with Crippen LogP contribution in [-0.4, -0.2) is 20.5 Å². The van der Waals surface area contributed by atoms with Gasteiger partial charge in [-0.15, -0.1) is 0 Å². The van der Waals surface area contributed by atoms with E-state index >= 15 is 0 Å². The first kappa shape index (κ1) is 23.4. The molecule has 0 fully saturated rings. The van der Waals surface area contributed by atoms with Gasteiger partial charge in [-0.05, 0) is 42.0 Å². The summed E-state index contributed by atoms with van der Waals surface area (Å²) in [6.07, 6.45) is 1.20. The van der Waals surface area contributed by atoms with E-state index in [1.807, 2.05) is 0 Å². The molecule has 3 aromatic carbocycles. The van der Waals surface area contributed by atoms with Crippen LogP contribution in [0.3, 0.4) is 0 Å². The van der Waals surface area contributed by atoms with Crippen LogP contribution in [0.4, 0.5) is 10.1 Å². The van der Waals surface area contributed by atoms with E-state index in [2.05, 4.69) is 0 Å². The third-order valence-electron chi connectivity index (χ3n) is 4.56. The number of allylic oxidation sites excluding steroid dienone is 1. The fourth-order valence-corrected chi connectivity index (χ4v) is 4.14. The van der Waals surface area contributed by atoms with Gasteiger partial charge in [0.2, 0.25) is 9.84 Å². The van der Waals surface area contributed by atoms with Gasteiger partial charge in [0.1, 0.15) is 29.1 Å². The number of rotatable bonds is 8. The lowest BCUT2D eigenvalue weighted by molar-refractivity contribution is -0.386. The molecule has 0 N–H and O–H groups in total. The van der Waals surface area contributed by atoms with Gasteiger partial charge in [0, 0.05) is 17.7 Å². The van der Waals surface area contributed by atoms with Crippen LogP contribution in [-0.2, 0) is 16.4 Å². The Hall–Kier alpha value is -4.23. The molecule has 3 rings (SSSR count). The first-order chi connectivity index (χ1) is 15.8. The molecule has 0 spiro atoms. The van der Waals surface area contributed by atoms with Crippen LogP contribution in [0.5, 0.6) is 11.5 Å². The highest BCUT2D eigenvalue weighted by Gasteiger charge is 2.21. The molecule has 0 saturated carbocycles. The topological polar surface area (TPSA) is 120 Å². The molecule has 3 aromatic rings. The van der Waals surface area contributed by atoms with Gasteiger partial charge in [0.25, 0.3) is 0 Å². The standard InChI is InChI=1S/C23H17FN2O6S/c1-31-22-10-7-16(12-20(14-25)33(29,30)19-5-3-2-4-6-19)11-17(22)15-32-23-13-18(24)8-9-21(23)26(27)28/h2-13H,15H2,1H3/b20-12+. The number of nitro groups is 1. The largest absolute Gasteiger partial charge is 0.496 e. The summed E-state index contributed by atoms with van der Waals surface area (Å²) < 4.78 is 49.8. The molecule has 0 unspecified atom stereocenters. The Labute approximate surface area is 189 Å². The summed E-state index contributed by atoms with van der Waals surface area (Å²) in [5.41, 5.74) is 0.352. The number of ether oxygens (including phenoxy) is 2. The van der Waals surface area contributed by atoms with Crippen molar-refractivity contribution in [2.75, 3.05) is 7.11 Å². The number of nitriles is 1. The maximum absolute atomic E-state index is 13.6. The van der Waals surface area contributed by atoms with Crippen LogP contribution >= 0.6 is 0 Å². The maximum atomic E-state index is 13.6. The maximum Gasteiger partial charge on any atom is 0.311 e. The van der Waals surface area contributed by atoms with Crippen molar-refractivity contribution in [2.45, 2.75) is 11.5 Å². The van der Waals surface area contributed by atoms with E-state index in [1.54, 1.807) is 30.3 Å². The third kappa shape index (κ3) is 5.34. The highest BCUT2D eigenvalue weighted by atomic mass is 32.2. The highest BCUT2D eigenvalue weighted by molar-refractivity contribution is 7.95. The van der Waals surface area contributed by atoms with E-state index in [-0.39, 0.29) is 17.3 Å². The quantitative estimate of drug-likeness (QED) is 0.268. The van der Waals surface area contributed by atoms with Crippen LogP contribution in [0.1, 0.15) is 11.1 Å². The van der Waals surface area contributed by atoms with Crippen molar-refractivity contribution in [3.63, 3.8) is 0 Å². The molecule has 0 aromatic heterocycles. The van der Waals surface area contributed by atoms with E-state index in [1.165, 1.54) is 37.5 Å². The van der Waals surface area contributed by atoms with Gasteiger partial charge in [-0.3, -0.25) is 10.1 Å². The first-order valence-corrected chi connectivity index (χ1v) is 10.9. The average Bonchev–Trinajstić information content (AvgIpc) is 2.81. The van der Waals surface area contributed by atoms with Crippen LogP contribution < -0.4 is 9.47 Å². The number of hydrogen-bond acceptors (Lipinski definition) is 7. The van der Waals surface area contributed by atoms with E-state index in [9.17, 15) is 28.2 Å². The smallest absolute Gasteiger partial charge is 0.311 e. The van der Waals surface area contributed by atoms with Gasteiger partial charge in [0.15, 0.2) is 5.75 Å². The molecule has 10 heteroatoms. The minimum atomic E-state index is -4.03. The summed E-state index contributed by atoms with van der Waals surface area (Å²) >= 11 is 0. The van der Waals surface area contributed by atoms with Crippen molar-refractivity contribution < 1.29 is 27.2 Å². The predicted octanol–water partition coefficient (Wildman–Crippen LogP) is 4.66. The molecule has 0 aliphatic heterocycles. The van der Waals surface area contributed by atoms with Gasteiger partial charge in [-0.2, -0.15) is 5.26 Å². The van der Waals surface area contributed by atoms with Gasteiger partial charge in [-0.1, -0.05) is 24.3 Å². The highest BCUT2D eigenvalue weighted by Crippen LogP contribution is 2.30. The molecule has 0 radical (unpaired) electrons. The summed E-state index contributed by atoms with van der Waals surface area (Å²) in [6, 6.07) is 16.7. The molecule has 0 bridgehead atoms. The summed E-state index contributed by atoms with van der Waals surface area (Å²) in [4.78, 5) is 9.99. The predicted molar refractivity (Wildman–Crippen MR) is 118 cm³/mol. The number of hydrogen-bond donors (Lipinski definition) is 0. The number of sulfone groups is 1. The van der Waals surface area contributed by atoms with Crippen molar-refractivity contribution in [2.24, 2.45) is 0 Å². The number of nitrogens with zero attached hydrogens (tertiary/aromatic N) is 2. The Bertz CT molecular complexity index is 1370. The number of methoxy groups -OCH3 is 1. The number of benzene rings is 3. The molecule has 0 aliphatic carbocycles. The van der Waals surface area contributed by atoms with E-state index in [4.69, 9.17) is 9.47 Å². The lowest BCUT2D eigenvalue weighted by atomic mass is 10.1.